The maximum Gasteiger partial charge on any atom is 0.136 e. The fourth-order valence-corrected chi connectivity index (χ4v) is 1.99. The van der Waals surface area contributed by atoms with Gasteiger partial charge in [0.15, 0.2) is 0 Å². The monoisotopic (exact) mass is 256 g/mol. The van der Waals surface area contributed by atoms with E-state index in [1.54, 1.807) is 39.2 Å². The van der Waals surface area contributed by atoms with Crippen molar-refractivity contribution in [3.8, 4) is 18.1 Å². The van der Waals surface area contributed by atoms with E-state index in [1.807, 2.05) is 0 Å². The topological polar surface area (TPSA) is 68.4 Å². The van der Waals surface area contributed by atoms with Gasteiger partial charge in [-0.2, -0.15) is 0 Å². The lowest BCUT2D eigenvalue weighted by atomic mass is 10.0. The van der Waals surface area contributed by atoms with Crippen molar-refractivity contribution in [2.24, 2.45) is 0 Å². The van der Waals surface area contributed by atoms with E-state index in [0.717, 1.165) is 5.39 Å². The summed E-state index contributed by atoms with van der Waals surface area (Å²) in [6.07, 6.45) is 5.43. The second-order valence-corrected chi connectivity index (χ2v) is 4.87. The Labute approximate surface area is 112 Å². The highest BCUT2D eigenvalue weighted by Gasteiger charge is 2.22. The van der Waals surface area contributed by atoms with Crippen LogP contribution in [-0.4, -0.2) is 17.2 Å². The Morgan fingerprint density at radius 1 is 1.37 bits per heavy atom. The normalized spacial score (nSPS) is 11.3. The highest BCUT2D eigenvalue weighted by Crippen LogP contribution is 2.30. The van der Waals surface area contributed by atoms with Crippen LogP contribution in [0, 0.1) is 12.3 Å². The Bertz CT molecular complexity index is 679. The number of hydrogen-bond donors (Lipinski definition) is 2. The zero-order valence-corrected chi connectivity index (χ0v) is 11.2. The first-order valence-electron chi connectivity index (χ1n) is 5.84. The first kappa shape index (κ1) is 13.2. The third kappa shape index (κ3) is 2.33. The third-order valence-corrected chi connectivity index (χ3v) is 2.90. The molecule has 0 spiro atoms. The molecule has 98 valence electrons. The van der Waals surface area contributed by atoms with Crippen LogP contribution in [0.1, 0.15) is 25.1 Å². The molecule has 2 aromatic rings. The van der Waals surface area contributed by atoms with Gasteiger partial charge in [0.1, 0.15) is 11.4 Å². The van der Waals surface area contributed by atoms with Crippen molar-refractivity contribution in [3.05, 3.63) is 29.5 Å². The first-order chi connectivity index (χ1) is 8.86. The number of ether oxygens (including phenoxy) is 1. The Morgan fingerprint density at radius 2 is 2.05 bits per heavy atom. The van der Waals surface area contributed by atoms with Gasteiger partial charge >= 0.3 is 0 Å². The number of pyridine rings is 1. The maximum absolute atomic E-state index is 10.1. The van der Waals surface area contributed by atoms with Crippen LogP contribution >= 0.6 is 0 Å². The summed E-state index contributed by atoms with van der Waals surface area (Å²) >= 11 is 0. The van der Waals surface area contributed by atoms with Gasteiger partial charge in [0.25, 0.3) is 0 Å². The molecule has 1 aromatic heterocycles. The molecule has 0 saturated heterocycles. The fraction of sp³-hybridized carbons (Fsp3) is 0.267. The van der Waals surface area contributed by atoms with Crippen LogP contribution in [0.2, 0.25) is 0 Å². The molecule has 4 heteroatoms. The van der Waals surface area contributed by atoms with Crippen LogP contribution in [0.15, 0.2) is 18.2 Å². The van der Waals surface area contributed by atoms with Gasteiger partial charge in [0, 0.05) is 11.5 Å². The summed E-state index contributed by atoms with van der Waals surface area (Å²) in [6, 6.07) is 5.31. The molecule has 2 rings (SSSR count). The highest BCUT2D eigenvalue weighted by molar-refractivity contribution is 5.85. The van der Waals surface area contributed by atoms with Gasteiger partial charge in [-0.25, -0.2) is 4.98 Å². The summed E-state index contributed by atoms with van der Waals surface area (Å²) in [6.45, 7) is 3.29. The van der Waals surface area contributed by atoms with Crippen molar-refractivity contribution in [1.82, 2.24) is 4.98 Å². The smallest absolute Gasteiger partial charge is 0.136 e. The van der Waals surface area contributed by atoms with Gasteiger partial charge < -0.3 is 15.6 Å². The summed E-state index contributed by atoms with van der Waals surface area (Å²) in [5, 5.41) is 10.9. The zero-order chi connectivity index (χ0) is 14.2. The molecular formula is C15H16N2O2. The number of nitrogen functional groups attached to an aromatic ring is 1. The van der Waals surface area contributed by atoms with Crippen LogP contribution in [0.25, 0.3) is 10.9 Å². The molecule has 4 nitrogen and oxygen atoms in total. The van der Waals surface area contributed by atoms with Gasteiger partial charge in [-0.1, -0.05) is 5.92 Å². The minimum Gasteiger partial charge on any atom is -0.495 e. The van der Waals surface area contributed by atoms with Crippen LogP contribution < -0.4 is 10.5 Å². The molecule has 1 aromatic carbocycles. The predicted molar refractivity (Wildman–Crippen MR) is 75.9 cm³/mol. The summed E-state index contributed by atoms with van der Waals surface area (Å²) in [5.41, 5.74) is 7.04. The lowest BCUT2D eigenvalue weighted by Gasteiger charge is -2.19. The number of fused-ring (bicyclic) bond motifs is 1. The molecule has 0 aliphatic rings. The Morgan fingerprint density at radius 3 is 2.58 bits per heavy atom. The van der Waals surface area contributed by atoms with Crippen molar-refractivity contribution in [1.29, 1.82) is 0 Å². The quantitative estimate of drug-likeness (QED) is 0.807. The number of methoxy groups -OCH3 is 1. The Balaban J connectivity index is 2.77. The number of nitrogens with zero attached hydrogens (tertiary/aromatic N) is 1. The fourth-order valence-electron chi connectivity index (χ4n) is 1.99. The molecule has 0 fully saturated rings. The molecule has 0 aliphatic heterocycles. The van der Waals surface area contributed by atoms with E-state index in [2.05, 4.69) is 10.9 Å². The largest absolute Gasteiger partial charge is 0.495 e. The summed E-state index contributed by atoms with van der Waals surface area (Å²) in [5.74, 6) is 3.14. The summed E-state index contributed by atoms with van der Waals surface area (Å²) in [7, 11) is 1.55. The Hall–Kier alpha value is -2.25. The SMILES string of the molecule is C#Cc1cc2cc(N)c(C(C)(C)O)nc2cc1OC. The molecular weight excluding hydrogens is 240 g/mol. The minimum atomic E-state index is -1.10. The van der Waals surface area contributed by atoms with Crippen molar-refractivity contribution >= 4 is 16.6 Å². The molecule has 0 aliphatic carbocycles. The second kappa shape index (κ2) is 4.45. The van der Waals surface area contributed by atoms with Crippen molar-refractivity contribution in [3.63, 3.8) is 0 Å². The third-order valence-electron chi connectivity index (χ3n) is 2.90. The number of aromatic nitrogens is 1. The molecule has 0 unspecified atom stereocenters. The number of nitrogens with two attached hydrogens (primary N) is 1. The molecule has 0 saturated carbocycles. The van der Waals surface area contributed by atoms with E-state index in [0.29, 0.717) is 28.2 Å². The van der Waals surface area contributed by atoms with Crippen LogP contribution in [0.4, 0.5) is 5.69 Å². The van der Waals surface area contributed by atoms with Gasteiger partial charge in [0.05, 0.1) is 29.6 Å². The standard InChI is InChI=1S/C15H16N2O2/c1-5-9-6-10-7-11(16)14(15(2,3)18)17-12(10)8-13(9)19-4/h1,6-8,18H,16H2,2-4H3. The van der Waals surface area contributed by atoms with E-state index in [1.165, 1.54) is 0 Å². The van der Waals surface area contributed by atoms with Gasteiger partial charge in [-0.3, -0.25) is 0 Å². The number of rotatable bonds is 2. The lowest BCUT2D eigenvalue weighted by Crippen LogP contribution is -2.19. The first-order valence-corrected chi connectivity index (χ1v) is 5.84. The average Bonchev–Trinajstić information content (AvgIpc) is 2.35. The summed E-state index contributed by atoms with van der Waals surface area (Å²) in [4.78, 5) is 4.41. The number of benzene rings is 1. The highest BCUT2D eigenvalue weighted by atomic mass is 16.5. The van der Waals surface area contributed by atoms with E-state index < -0.39 is 5.60 Å². The van der Waals surface area contributed by atoms with Crippen LogP contribution in [0.3, 0.4) is 0 Å². The molecule has 0 radical (unpaired) electrons. The molecule has 1 heterocycles. The van der Waals surface area contributed by atoms with Gasteiger partial charge in [-0.05, 0) is 26.0 Å². The molecule has 0 bridgehead atoms. The minimum absolute atomic E-state index is 0.438. The second-order valence-electron chi connectivity index (χ2n) is 4.87. The van der Waals surface area contributed by atoms with Crippen molar-refractivity contribution in [2.75, 3.05) is 12.8 Å². The summed E-state index contributed by atoms with van der Waals surface area (Å²) < 4.78 is 5.22. The van der Waals surface area contributed by atoms with E-state index >= 15 is 0 Å². The van der Waals surface area contributed by atoms with E-state index in [4.69, 9.17) is 16.9 Å². The number of hydrogen-bond acceptors (Lipinski definition) is 4. The Kier molecular flexibility index (Phi) is 3.09. The molecule has 19 heavy (non-hydrogen) atoms. The van der Waals surface area contributed by atoms with Crippen LogP contribution in [0.5, 0.6) is 5.75 Å². The van der Waals surface area contributed by atoms with E-state index in [-0.39, 0.29) is 0 Å². The van der Waals surface area contributed by atoms with Crippen molar-refractivity contribution in [2.45, 2.75) is 19.4 Å². The number of terminal acetylenes is 1. The zero-order valence-electron chi connectivity index (χ0n) is 11.2. The van der Waals surface area contributed by atoms with E-state index in [9.17, 15) is 5.11 Å². The molecule has 0 atom stereocenters. The maximum atomic E-state index is 10.1. The predicted octanol–water partition coefficient (Wildman–Crippen LogP) is 2.03. The number of anilines is 1. The van der Waals surface area contributed by atoms with Gasteiger partial charge in [-0.15, -0.1) is 6.42 Å². The lowest BCUT2D eigenvalue weighted by molar-refractivity contribution is 0.0751. The molecule has 3 N–H and O–H groups in total. The van der Waals surface area contributed by atoms with Crippen molar-refractivity contribution < 1.29 is 9.84 Å². The van der Waals surface area contributed by atoms with Gasteiger partial charge in [0.2, 0.25) is 0 Å². The van der Waals surface area contributed by atoms with Crippen LogP contribution in [-0.2, 0) is 5.60 Å². The molecule has 0 amide bonds. The average molecular weight is 256 g/mol. The number of aliphatic hydroxyl groups is 1.